The lowest BCUT2D eigenvalue weighted by atomic mass is 9.74. The zero-order valence-corrected chi connectivity index (χ0v) is 10.6. The van der Waals surface area contributed by atoms with Crippen LogP contribution in [0.5, 0.6) is 0 Å². The number of aryl methyl sites for hydroxylation is 1. The van der Waals surface area contributed by atoms with Gasteiger partial charge in [0, 0.05) is 18.8 Å². The molecule has 2 saturated carbocycles. The van der Waals surface area contributed by atoms with Crippen molar-refractivity contribution in [1.82, 2.24) is 14.8 Å². The molecule has 2 aliphatic rings. The summed E-state index contributed by atoms with van der Waals surface area (Å²) < 4.78 is 27.6. The highest BCUT2D eigenvalue weighted by Gasteiger charge is 2.53. The Morgan fingerprint density at radius 1 is 1.37 bits per heavy atom. The fourth-order valence-corrected chi connectivity index (χ4v) is 3.06. The zero-order chi connectivity index (χ0) is 13.8. The molecule has 7 heteroatoms. The molecular formula is C12H15F2N3O2. The molecule has 0 radical (unpaired) electrons. The van der Waals surface area contributed by atoms with Crippen LogP contribution in [0.3, 0.4) is 0 Å². The molecule has 0 aromatic carbocycles. The monoisotopic (exact) mass is 271 g/mol. The van der Waals surface area contributed by atoms with Gasteiger partial charge < -0.3 is 5.11 Å². The van der Waals surface area contributed by atoms with Gasteiger partial charge in [0.1, 0.15) is 17.2 Å². The van der Waals surface area contributed by atoms with Gasteiger partial charge in [0.15, 0.2) is 0 Å². The van der Waals surface area contributed by atoms with E-state index in [4.69, 9.17) is 0 Å². The third-order valence-electron chi connectivity index (χ3n) is 4.31. The van der Waals surface area contributed by atoms with Gasteiger partial charge in [0.25, 0.3) is 0 Å². The predicted molar refractivity (Wildman–Crippen MR) is 61.1 cm³/mol. The summed E-state index contributed by atoms with van der Waals surface area (Å²) in [5, 5.41) is 17.3. The van der Waals surface area contributed by atoms with Crippen LogP contribution in [0.15, 0.2) is 0 Å². The second kappa shape index (κ2) is 3.74. The van der Waals surface area contributed by atoms with Crippen LogP contribution in [0.1, 0.15) is 49.7 Å². The molecule has 0 aliphatic heterocycles. The minimum absolute atomic E-state index is 0.263. The highest BCUT2D eigenvalue weighted by Crippen LogP contribution is 2.50. The van der Waals surface area contributed by atoms with Crippen LogP contribution in [0, 0.1) is 6.92 Å². The minimum atomic E-state index is -2.65. The van der Waals surface area contributed by atoms with Crippen LogP contribution in [0.25, 0.3) is 0 Å². The van der Waals surface area contributed by atoms with E-state index in [2.05, 4.69) is 10.2 Å². The number of nitrogens with zero attached hydrogens (tertiary/aromatic N) is 3. The summed E-state index contributed by atoms with van der Waals surface area (Å²) in [5.41, 5.74) is -1.02. The Morgan fingerprint density at radius 2 is 2.00 bits per heavy atom. The normalized spacial score (nSPS) is 24.6. The molecule has 5 nitrogen and oxygen atoms in total. The molecule has 0 saturated heterocycles. The Labute approximate surface area is 108 Å². The standard InChI is InChI=1S/C12H15F2N3O2/c1-7-15-16-9(8-5-12(13,14)6-8)17(7)11(10(18)19)3-2-4-11/h8H,2-6H2,1H3,(H,18,19). The highest BCUT2D eigenvalue weighted by molar-refractivity contribution is 5.78. The lowest BCUT2D eigenvalue weighted by molar-refractivity contribution is -0.153. The number of alkyl halides is 2. The molecule has 2 aliphatic carbocycles. The third kappa shape index (κ3) is 1.67. The number of aliphatic carboxylic acids is 1. The molecule has 2 fully saturated rings. The molecule has 0 atom stereocenters. The fourth-order valence-electron chi connectivity index (χ4n) is 3.06. The van der Waals surface area contributed by atoms with E-state index in [1.54, 1.807) is 11.5 Å². The molecule has 19 heavy (non-hydrogen) atoms. The van der Waals surface area contributed by atoms with Crippen LogP contribution in [0.4, 0.5) is 8.78 Å². The quantitative estimate of drug-likeness (QED) is 0.913. The van der Waals surface area contributed by atoms with Gasteiger partial charge in [-0.1, -0.05) is 0 Å². The summed E-state index contributed by atoms with van der Waals surface area (Å²) in [7, 11) is 0. The second-order valence-electron chi connectivity index (χ2n) is 5.59. The van der Waals surface area contributed by atoms with Crippen molar-refractivity contribution in [2.24, 2.45) is 0 Å². The predicted octanol–water partition coefficient (Wildman–Crippen LogP) is 2.06. The Kier molecular flexibility index (Phi) is 2.46. The summed E-state index contributed by atoms with van der Waals surface area (Å²) in [6.07, 6.45) is 1.32. The number of hydrogen-bond acceptors (Lipinski definition) is 3. The summed E-state index contributed by atoms with van der Waals surface area (Å²) in [6.45, 7) is 1.68. The van der Waals surface area contributed by atoms with Crippen molar-refractivity contribution >= 4 is 5.97 Å². The third-order valence-corrected chi connectivity index (χ3v) is 4.31. The van der Waals surface area contributed by atoms with Gasteiger partial charge in [-0.2, -0.15) is 0 Å². The van der Waals surface area contributed by atoms with Crippen molar-refractivity contribution in [1.29, 1.82) is 0 Å². The highest BCUT2D eigenvalue weighted by atomic mass is 19.3. The van der Waals surface area contributed by atoms with Crippen molar-refractivity contribution < 1.29 is 18.7 Å². The molecule has 1 heterocycles. The van der Waals surface area contributed by atoms with Crippen molar-refractivity contribution in [3.05, 3.63) is 11.6 Å². The average molecular weight is 271 g/mol. The summed E-state index contributed by atoms with van der Waals surface area (Å²) >= 11 is 0. The minimum Gasteiger partial charge on any atom is -0.479 e. The average Bonchev–Trinajstić information content (AvgIpc) is 2.56. The number of carboxylic acids is 1. The number of hydrogen-bond donors (Lipinski definition) is 1. The van der Waals surface area contributed by atoms with Gasteiger partial charge in [-0.15, -0.1) is 10.2 Å². The maximum Gasteiger partial charge on any atom is 0.329 e. The molecule has 1 aromatic rings. The van der Waals surface area contributed by atoms with E-state index in [1.807, 2.05) is 0 Å². The first kappa shape index (κ1) is 12.5. The van der Waals surface area contributed by atoms with Gasteiger partial charge in [-0.05, 0) is 26.2 Å². The SMILES string of the molecule is Cc1nnc(C2CC(F)(F)C2)n1C1(C(=O)O)CCC1. The van der Waals surface area contributed by atoms with Gasteiger partial charge in [-0.25, -0.2) is 13.6 Å². The molecule has 104 valence electrons. The van der Waals surface area contributed by atoms with E-state index in [-0.39, 0.29) is 18.8 Å². The van der Waals surface area contributed by atoms with Crippen LogP contribution in [-0.4, -0.2) is 31.8 Å². The first-order valence-corrected chi connectivity index (χ1v) is 6.39. The molecule has 0 bridgehead atoms. The molecule has 1 N–H and O–H groups in total. The molecule has 0 spiro atoms. The van der Waals surface area contributed by atoms with E-state index in [9.17, 15) is 18.7 Å². The second-order valence-corrected chi connectivity index (χ2v) is 5.59. The van der Waals surface area contributed by atoms with E-state index in [0.717, 1.165) is 6.42 Å². The zero-order valence-electron chi connectivity index (χ0n) is 10.6. The van der Waals surface area contributed by atoms with Crippen LogP contribution in [-0.2, 0) is 10.3 Å². The lowest BCUT2D eigenvalue weighted by Crippen LogP contribution is -2.50. The van der Waals surface area contributed by atoms with Crippen LogP contribution in [0.2, 0.25) is 0 Å². The number of carboxylic acid groups (broad SMARTS) is 1. The van der Waals surface area contributed by atoms with E-state index >= 15 is 0 Å². The summed E-state index contributed by atoms with van der Waals surface area (Å²) in [6, 6.07) is 0. The fraction of sp³-hybridized carbons (Fsp3) is 0.750. The molecule has 3 rings (SSSR count). The number of aromatic nitrogens is 3. The Bertz CT molecular complexity index is 529. The van der Waals surface area contributed by atoms with Crippen molar-refractivity contribution in [2.75, 3.05) is 0 Å². The maximum absolute atomic E-state index is 13.0. The van der Waals surface area contributed by atoms with Crippen LogP contribution < -0.4 is 0 Å². The largest absolute Gasteiger partial charge is 0.479 e. The first-order chi connectivity index (χ1) is 8.86. The number of carbonyl (C=O) groups is 1. The Balaban J connectivity index is 1.98. The molecular weight excluding hydrogens is 256 g/mol. The maximum atomic E-state index is 13.0. The van der Waals surface area contributed by atoms with Crippen molar-refractivity contribution in [3.8, 4) is 0 Å². The summed E-state index contributed by atoms with van der Waals surface area (Å²) in [4.78, 5) is 11.5. The van der Waals surface area contributed by atoms with E-state index in [1.165, 1.54) is 0 Å². The van der Waals surface area contributed by atoms with Gasteiger partial charge in [0.05, 0.1) is 0 Å². The number of rotatable bonds is 3. The first-order valence-electron chi connectivity index (χ1n) is 6.39. The smallest absolute Gasteiger partial charge is 0.329 e. The van der Waals surface area contributed by atoms with Gasteiger partial charge in [0.2, 0.25) is 5.92 Å². The van der Waals surface area contributed by atoms with Crippen molar-refractivity contribution in [3.63, 3.8) is 0 Å². The van der Waals surface area contributed by atoms with Crippen LogP contribution >= 0.6 is 0 Å². The van der Waals surface area contributed by atoms with Gasteiger partial charge >= 0.3 is 5.97 Å². The van der Waals surface area contributed by atoms with Gasteiger partial charge in [-0.3, -0.25) is 4.57 Å². The summed E-state index contributed by atoms with van der Waals surface area (Å²) in [5.74, 6) is -3.05. The molecule has 1 aromatic heterocycles. The molecule has 0 amide bonds. The number of halogens is 2. The molecule has 0 unspecified atom stereocenters. The topological polar surface area (TPSA) is 68.0 Å². The van der Waals surface area contributed by atoms with E-state index in [0.29, 0.717) is 24.5 Å². The lowest BCUT2D eigenvalue weighted by Gasteiger charge is -2.42. The Hall–Kier alpha value is -1.53. The van der Waals surface area contributed by atoms with Crippen molar-refractivity contribution in [2.45, 2.75) is 56.4 Å². The Morgan fingerprint density at radius 3 is 2.42 bits per heavy atom. The van der Waals surface area contributed by atoms with E-state index < -0.39 is 17.4 Å².